The van der Waals surface area contributed by atoms with Gasteiger partial charge in [-0.2, -0.15) is 0 Å². The van der Waals surface area contributed by atoms with Crippen LogP contribution in [0.1, 0.15) is 26.3 Å². The van der Waals surface area contributed by atoms with Gasteiger partial charge in [-0.15, -0.1) is 0 Å². The molecule has 16 heavy (non-hydrogen) atoms. The van der Waals surface area contributed by atoms with Crippen LogP contribution in [-0.4, -0.2) is 27.2 Å². The lowest BCUT2D eigenvalue weighted by molar-refractivity contribution is -0.858. The van der Waals surface area contributed by atoms with Crippen molar-refractivity contribution >= 4 is 0 Å². The van der Waals surface area contributed by atoms with Crippen molar-refractivity contribution in [3.63, 3.8) is 0 Å². The molecular formula is C14H24NO+. The van der Waals surface area contributed by atoms with E-state index in [2.05, 4.69) is 53.1 Å². The van der Waals surface area contributed by atoms with Crippen LogP contribution in [0, 0.1) is 0 Å². The van der Waals surface area contributed by atoms with Crippen molar-refractivity contribution in [2.75, 3.05) is 27.2 Å². The zero-order chi connectivity index (χ0) is 12.2. The highest BCUT2D eigenvalue weighted by molar-refractivity contribution is 5.38. The molecule has 0 fully saturated rings. The highest BCUT2D eigenvalue weighted by Crippen LogP contribution is 2.30. The fourth-order valence-electron chi connectivity index (χ4n) is 1.58. The lowest BCUT2D eigenvalue weighted by Gasteiger charge is -2.22. The third kappa shape index (κ3) is 3.86. The standard InChI is InChI=1S/C14H23NO/c1-14(2,3)12-8-6-7-9-13(12)16-11-10-15(4)5/h6-9H,10-11H2,1-5H3/p+1. The Morgan fingerprint density at radius 2 is 1.75 bits per heavy atom. The number of likely N-dealkylation sites (N-methyl/N-ethyl adjacent to an activating group) is 1. The molecule has 0 aliphatic heterocycles. The summed E-state index contributed by atoms with van der Waals surface area (Å²) in [7, 11) is 4.28. The van der Waals surface area contributed by atoms with E-state index in [0.29, 0.717) is 0 Å². The molecule has 90 valence electrons. The molecule has 1 N–H and O–H groups in total. The minimum absolute atomic E-state index is 0.140. The van der Waals surface area contributed by atoms with E-state index in [-0.39, 0.29) is 5.41 Å². The highest BCUT2D eigenvalue weighted by atomic mass is 16.5. The van der Waals surface area contributed by atoms with E-state index in [1.807, 2.05) is 6.07 Å². The van der Waals surface area contributed by atoms with E-state index in [4.69, 9.17) is 4.74 Å². The normalized spacial score (nSPS) is 11.9. The Labute approximate surface area is 99.2 Å². The zero-order valence-electron chi connectivity index (χ0n) is 11.1. The van der Waals surface area contributed by atoms with Gasteiger partial charge in [-0.1, -0.05) is 39.0 Å². The Morgan fingerprint density at radius 3 is 2.31 bits per heavy atom. The van der Waals surface area contributed by atoms with Gasteiger partial charge in [0.15, 0.2) is 0 Å². The first-order valence-electron chi connectivity index (χ1n) is 5.92. The fourth-order valence-corrected chi connectivity index (χ4v) is 1.58. The van der Waals surface area contributed by atoms with Crippen LogP contribution in [0.3, 0.4) is 0 Å². The number of benzene rings is 1. The molecule has 0 saturated heterocycles. The smallest absolute Gasteiger partial charge is 0.137 e. The van der Waals surface area contributed by atoms with Crippen molar-refractivity contribution in [2.45, 2.75) is 26.2 Å². The molecular weight excluding hydrogens is 198 g/mol. The molecule has 0 spiro atoms. The molecule has 0 aromatic heterocycles. The maximum atomic E-state index is 5.85. The van der Waals surface area contributed by atoms with Crippen molar-refractivity contribution in [1.29, 1.82) is 0 Å². The second-order valence-corrected chi connectivity index (χ2v) is 5.55. The highest BCUT2D eigenvalue weighted by Gasteiger charge is 2.18. The second-order valence-electron chi connectivity index (χ2n) is 5.55. The van der Waals surface area contributed by atoms with E-state index in [9.17, 15) is 0 Å². The molecule has 0 radical (unpaired) electrons. The quantitative estimate of drug-likeness (QED) is 0.815. The Hall–Kier alpha value is -1.02. The van der Waals surface area contributed by atoms with E-state index in [1.54, 1.807) is 0 Å². The number of para-hydroxylation sites is 1. The maximum Gasteiger partial charge on any atom is 0.137 e. The maximum absolute atomic E-state index is 5.85. The molecule has 2 nitrogen and oxygen atoms in total. The van der Waals surface area contributed by atoms with E-state index in [1.165, 1.54) is 10.5 Å². The van der Waals surface area contributed by atoms with Gasteiger partial charge in [-0.3, -0.25) is 0 Å². The Morgan fingerprint density at radius 1 is 1.12 bits per heavy atom. The van der Waals surface area contributed by atoms with E-state index >= 15 is 0 Å². The predicted octanol–water partition coefficient (Wildman–Crippen LogP) is 1.51. The summed E-state index contributed by atoms with van der Waals surface area (Å²) >= 11 is 0. The molecule has 0 aliphatic carbocycles. The monoisotopic (exact) mass is 222 g/mol. The summed E-state index contributed by atoms with van der Waals surface area (Å²) in [6.45, 7) is 8.44. The summed E-state index contributed by atoms with van der Waals surface area (Å²) in [5.74, 6) is 1.02. The Bertz CT molecular complexity index is 326. The van der Waals surface area contributed by atoms with Gasteiger partial charge in [0.25, 0.3) is 0 Å². The second kappa shape index (κ2) is 5.35. The van der Waals surface area contributed by atoms with Crippen LogP contribution < -0.4 is 9.64 Å². The molecule has 0 amide bonds. The van der Waals surface area contributed by atoms with Gasteiger partial charge in [0, 0.05) is 0 Å². The average molecular weight is 222 g/mol. The first kappa shape index (κ1) is 13.0. The number of quaternary nitrogens is 1. The van der Waals surface area contributed by atoms with Crippen LogP contribution in [0.2, 0.25) is 0 Å². The van der Waals surface area contributed by atoms with Gasteiger partial charge < -0.3 is 9.64 Å². The average Bonchev–Trinajstić information content (AvgIpc) is 2.16. The van der Waals surface area contributed by atoms with Crippen molar-refractivity contribution in [3.8, 4) is 5.75 Å². The third-order valence-electron chi connectivity index (χ3n) is 2.55. The number of hydrogen-bond acceptors (Lipinski definition) is 1. The van der Waals surface area contributed by atoms with Gasteiger partial charge in [0.1, 0.15) is 18.9 Å². The van der Waals surface area contributed by atoms with Crippen molar-refractivity contribution < 1.29 is 9.64 Å². The van der Waals surface area contributed by atoms with E-state index in [0.717, 1.165) is 18.9 Å². The van der Waals surface area contributed by atoms with Crippen molar-refractivity contribution in [3.05, 3.63) is 29.8 Å². The largest absolute Gasteiger partial charge is 0.487 e. The molecule has 0 atom stereocenters. The minimum Gasteiger partial charge on any atom is -0.487 e. The van der Waals surface area contributed by atoms with Gasteiger partial charge in [0.2, 0.25) is 0 Å². The number of rotatable bonds is 4. The molecule has 1 aromatic carbocycles. The molecule has 0 aliphatic rings. The van der Waals surface area contributed by atoms with Crippen molar-refractivity contribution in [1.82, 2.24) is 0 Å². The van der Waals surface area contributed by atoms with Gasteiger partial charge in [-0.05, 0) is 17.0 Å². The molecule has 0 bridgehead atoms. The number of hydrogen-bond donors (Lipinski definition) is 1. The lowest BCUT2D eigenvalue weighted by atomic mass is 9.86. The van der Waals surface area contributed by atoms with Gasteiger partial charge in [-0.25, -0.2) is 0 Å². The summed E-state index contributed by atoms with van der Waals surface area (Å²) in [4.78, 5) is 1.41. The molecule has 0 saturated carbocycles. The zero-order valence-corrected chi connectivity index (χ0v) is 11.1. The minimum atomic E-state index is 0.140. The predicted molar refractivity (Wildman–Crippen MR) is 68.3 cm³/mol. The van der Waals surface area contributed by atoms with Crippen LogP contribution in [-0.2, 0) is 5.41 Å². The van der Waals surface area contributed by atoms with Crippen LogP contribution >= 0.6 is 0 Å². The third-order valence-corrected chi connectivity index (χ3v) is 2.55. The SMILES string of the molecule is C[NH+](C)CCOc1ccccc1C(C)(C)C. The summed E-state index contributed by atoms with van der Waals surface area (Å²) in [6, 6.07) is 8.32. The molecule has 1 rings (SSSR count). The summed E-state index contributed by atoms with van der Waals surface area (Å²) < 4.78 is 5.85. The van der Waals surface area contributed by atoms with Gasteiger partial charge >= 0.3 is 0 Å². The topological polar surface area (TPSA) is 13.7 Å². The summed E-state index contributed by atoms with van der Waals surface area (Å²) in [6.07, 6.45) is 0. The lowest BCUT2D eigenvalue weighted by Crippen LogP contribution is -3.06. The van der Waals surface area contributed by atoms with Crippen LogP contribution in [0.25, 0.3) is 0 Å². The summed E-state index contributed by atoms with van der Waals surface area (Å²) in [5.41, 5.74) is 1.42. The first-order valence-corrected chi connectivity index (χ1v) is 5.92. The molecule has 0 heterocycles. The van der Waals surface area contributed by atoms with Crippen LogP contribution in [0.4, 0.5) is 0 Å². The Balaban J connectivity index is 2.72. The number of ether oxygens (including phenoxy) is 1. The van der Waals surface area contributed by atoms with E-state index < -0.39 is 0 Å². The molecule has 1 aromatic rings. The fraction of sp³-hybridized carbons (Fsp3) is 0.571. The van der Waals surface area contributed by atoms with Crippen molar-refractivity contribution in [2.24, 2.45) is 0 Å². The van der Waals surface area contributed by atoms with Gasteiger partial charge in [0.05, 0.1) is 14.1 Å². The first-order chi connectivity index (χ1) is 7.41. The molecule has 0 unspecified atom stereocenters. The molecule has 2 heteroatoms. The Kier molecular flexibility index (Phi) is 4.36. The van der Waals surface area contributed by atoms with Crippen LogP contribution in [0.5, 0.6) is 5.75 Å². The summed E-state index contributed by atoms with van der Waals surface area (Å²) in [5, 5.41) is 0. The van der Waals surface area contributed by atoms with Crippen LogP contribution in [0.15, 0.2) is 24.3 Å². The number of nitrogens with one attached hydrogen (secondary N) is 1.